The maximum atomic E-state index is 11.3. The van der Waals surface area contributed by atoms with Crippen LogP contribution in [0.5, 0.6) is 0 Å². The molecule has 1 aliphatic rings. The number of ether oxygens (including phenoxy) is 1. The zero-order valence-electron chi connectivity index (χ0n) is 8.58. The largest absolute Gasteiger partial charge is 0.378 e. The monoisotopic (exact) mass is 185 g/mol. The first kappa shape index (κ1) is 10.7. The van der Waals surface area contributed by atoms with Gasteiger partial charge in [-0.15, -0.1) is 0 Å². The fourth-order valence-corrected chi connectivity index (χ4v) is 1.63. The summed E-state index contributed by atoms with van der Waals surface area (Å²) in [5.41, 5.74) is 0. The average Bonchev–Trinajstić information content (AvgIpc) is 2.51. The number of nitrogens with zero attached hydrogens (tertiary/aromatic N) is 1. The number of rotatable bonds is 5. The van der Waals surface area contributed by atoms with E-state index in [4.69, 9.17) is 4.74 Å². The number of likely N-dealkylation sites (N-methyl/N-ethyl adjacent to an activating group) is 1. The molecule has 0 bridgehead atoms. The minimum atomic E-state index is 0.320. The molecule has 1 atom stereocenters. The van der Waals surface area contributed by atoms with Crippen molar-refractivity contribution in [2.24, 2.45) is 0 Å². The van der Waals surface area contributed by atoms with Gasteiger partial charge in [0.15, 0.2) is 0 Å². The molecule has 0 spiro atoms. The number of hydrogen-bond acceptors (Lipinski definition) is 3. The summed E-state index contributed by atoms with van der Waals surface area (Å²) in [7, 11) is 3.84. The molecular weight excluding hydrogens is 166 g/mol. The van der Waals surface area contributed by atoms with Crippen LogP contribution in [0.15, 0.2) is 0 Å². The van der Waals surface area contributed by atoms with Gasteiger partial charge in [0.05, 0.1) is 12.6 Å². The molecule has 0 aromatic carbocycles. The highest BCUT2D eigenvalue weighted by molar-refractivity contribution is 5.80. The topological polar surface area (TPSA) is 29.5 Å². The van der Waals surface area contributed by atoms with Gasteiger partial charge >= 0.3 is 0 Å². The number of hydrogen-bond donors (Lipinski definition) is 0. The van der Waals surface area contributed by atoms with Crippen molar-refractivity contribution in [1.82, 2.24) is 4.90 Å². The van der Waals surface area contributed by atoms with E-state index in [1.165, 1.54) is 0 Å². The molecule has 1 fully saturated rings. The number of Topliss-reactive ketones (excluding diaryl/α,β-unsaturated/α-hetero) is 1. The lowest BCUT2D eigenvalue weighted by atomic mass is 10.1. The predicted molar refractivity (Wildman–Crippen MR) is 51.8 cm³/mol. The van der Waals surface area contributed by atoms with Gasteiger partial charge in [-0.25, -0.2) is 0 Å². The molecule has 0 aromatic heterocycles. The highest BCUT2D eigenvalue weighted by Gasteiger charge is 2.16. The van der Waals surface area contributed by atoms with E-state index in [1.54, 1.807) is 0 Å². The van der Waals surface area contributed by atoms with Crippen molar-refractivity contribution in [3.63, 3.8) is 0 Å². The molecule has 0 saturated carbocycles. The summed E-state index contributed by atoms with van der Waals surface area (Å²) in [6, 6.07) is 0. The molecule has 1 heterocycles. The molecule has 0 amide bonds. The van der Waals surface area contributed by atoms with Gasteiger partial charge in [0.2, 0.25) is 0 Å². The molecule has 1 aliphatic heterocycles. The van der Waals surface area contributed by atoms with Crippen LogP contribution in [0.3, 0.4) is 0 Å². The molecule has 76 valence electrons. The standard InChI is InChI=1S/C10H19NO2/c1-11(2)8-9(12)5-6-10-4-3-7-13-10/h10H,3-8H2,1-2H3. The summed E-state index contributed by atoms with van der Waals surface area (Å²) in [6.07, 6.45) is 4.23. The van der Waals surface area contributed by atoms with E-state index in [2.05, 4.69) is 0 Å². The average molecular weight is 185 g/mol. The van der Waals surface area contributed by atoms with Crippen molar-refractivity contribution in [3.05, 3.63) is 0 Å². The molecule has 3 heteroatoms. The molecule has 0 N–H and O–H groups in total. The normalized spacial score (nSPS) is 22.5. The Morgan fingerprint density at radius 1 is 1.54 bits per heavy atom. The smallest absolute Gasteiger partial charge is 0.146 e. The Kier molecular flexibility index (Phi) is 4.39. The van der Waals surface area contributed by atoms with Crippen molar-refractivity contribution in [3.8, 4) is 0 Å². The zero-order valence-corrected chi connectivity index (χ0v) is 8.58. The Hall–Kier alpha value is -0.410. The minimum Gasteiger partial charge on any atom is -0.378 e. The van der Waals surface area contributed by atoms with Gasteiger partial charge in [0.1, 0.15) is 5.78 Å². The van der Waals surface area contributed by atoms with Gasteiger partial charge in [-0.2, -0.15) is 0 Å². The summed E-state index contributed by atoms with van der Waals surface area (Å²) in [4.78, 5) is 13.2. The van der Waals surface area contributed by atoms with Crippen LogP contribution in [-0.4, -0.2) is 44.0 Å². The Balaban J connectivity index is 2.07. The molecule has 0 aromatic rings. The van der Waals surface area contributed by atoms with Crippen LogP contribution < -0.4 is 0 Å². The molecule has 0 aliphatic carbocycles. The molecular formula is C10H19NO2. The van der Waals surface area contributed by atoms with E-state index < -0.39 is 0 Å². The van der Waals surface area contributed by atoms with Gasteiger partial charge in [-0.1, -0.05) is 0 Å². The number of carbonyl (C=O) groups is 1. The third-order valence-electron chi connectivity index (χ3n) is 2.26. The Morgan fingerprint density at radius 2 is 2.31 bits per heavy atom. The van der Waals surface area contributed by atoms with Crippen molar-refractivity contribution >= 4 is 5.78 Å². The third kappa shape index (κ3) is 4.39. The maximum Gasteiger partial charge on any atom is 0.146 e. The second-order valence-corrected chi connectivity index (χ2v) is 3.95. The first-order valence-corrected chi connectivity index (χ1v) is 4.96. The molecule has 1 saturated heterocycles. The van der Waals surface area contributed by atoms with Crippen molar-refractivity contribution in [2.45, 2.75) is 31.8 Å². The first-order valence-electron chi connectivity index (χ1n) is 4.96. The summed E-state index contributed by atoms with van der Waals surface area (Å²) in [5, 5.41) is 0. The zero-order chi connectivity index (χ0) is 9.68. The van der Waals surface area contributed by atoms with Gasteiger partial charge in [-0.3, -0.25) is 4.79 Å². The Morgan fingerprint density at radius 3 is 2.85 bits per heavy atom. The van der Waals surface area contributed by atoms with E-state index in [0.29, 0.717) is 24.9 Å². The summed E-state index contributed by atoms with van der Waals surface area (Å²) < 4.78 is 5.44. The second-order valence-electron chi connectivity index (χ2n) is 3.95. The number of ketones is 1. The molecule has 0 radical (unpaired) electrons. The van der Waals surface area contributed by atoms with E-state index in [-0.39, 0.29) is 0 Å². The summed E-state index contributed by atoms with van der Waals surface area (Å²) in [6.45, 7) is 1.44. The first-order chi connectivity index (χ1) is 6.18. The summed E-state index contributed by atoms with van der Waals surface area (Å²) >= 11 is 0. The molecule has 3 nitrogen and oxygen atoms in total. The van der Waals surface area contributed by atoms with E-state index in [0.717, 1.165) is 25.9 Å². The van der Waals surface area contributed by atoms with Crippen LogP contribution in [-0.2, 0) is 9.53 Å². The van der Waals surface area contributed by atoms with Gasteiger partial charge in [0, 0.05) is 13.0 Å². The van der Waals surface area contributed by atoms with E-state index in [1.807, 2.05) is 19.0 Å². The summed E-state index contributed by atoms with van der Waals surface area (Å²) in [5.74, 6) is 0.320. The highest BCUT2D eigenvalue weighted by Crippen LogP contribution is 2.16. The Labute approximate surface area is 80.1 Å². The third-order valence-corrected chi connectivity index (χ3v) is 2.26. The van der Waals surface area contributed by atoms with Crippen molar-refractivity contribution < 1.29 is 9.53 Å². The van der Waals surface area contributed by atoms with Gasteiger partial charge < -0.3 is 9.64 Å². The Bertz CT molecular complexity index is 162. The van der Waals surface area contributed by atoms with Crippen LogP contribution in [0.4, 0.5) is 0 Å². The molecule has 1 rings (SSSR count). The predicted octanol–water partition coefficient (Wildman–Crippen LogP) is 1.08. The number of carbonyl (C=O) groups excluding carboxylic acids is 1. The van der Waals surface area contributed by atoms with Crippen molar-refractivity contribution in [1.29, 1.82) is 0 Å². The van der Waals surface area contributed by atoms with E-state index >= 15 is 0 Å². The lowest BCUT2D eigenvalue weighted by Crippen LogP contribution is -2.22. The van der Waals surface area contributed by atoms with Crippen LogP contribution in [0.1, 0.15) is 25.7 Å². The van der Waals surface area contributed by atoms with Crippen molar-refractivity contribution in [2.75, 3.05) is 27.2 Å². The lowest BCUT2D eigenvalue weighted by molar-refractivity contribution is -0.120. The van der Waals surface area contributed by atoms with Gasteiger partial charge in [0.25, 0.3) is 0 Å². The molecule has 1 unspecified atom stereocenters. The highest BCUT2D eigenvalue weighted by atomic mass is 16.5. The van der Waals surface area contributed by atoms with Crippen LogP contribution in [0.2, 0.25) is 0 Å². The van der Waals surface area contributed by atoms with Crippen LogP contribution in [0, 0.1) is 0 Å². The van der Waals surface area contributed by atoms with Gasteiger partial charge in [-0.05, 0) is 33.4 Å². The fourth-order valence-electron chi connectivity index (χ4n) is 1.63. The minimum absolute atomic E-state index is 0.320. The molecule has 13 heavy (non-hydrogen) atoms. The maximum absolute atomic E-state index is 11.3. The van der Waals surface area contributed by atoms with Crippen LogP contribution in [0.25, 0.3) is 0 Å². The van der Waals surface area contributed by atoms with E-state index in [9.17, 15) is 4.79 Å². The second kappa shape index (κ2) is 5.35. The fraction of sp³-hybridized carbons (Fsp3) is 0.900. The lowest BCUT2D eigenvalue weighted by Gasteiger charge is -2.10. The van der Waals surface area contributed by atoms with Crippen LogP contribution >= 0.6 is 0 Å². The quantitative estimate of drug-likeness (QED) is 0.642. The SMILES string of the molecule is CN(C)CC(=O)CCC1CCCO1.